The highest BCUT2D eigenvalue weighted by Gasteiger charge is 2.19. The number of carbonyl (C=O) groups excluding carboxylic acids is 1. The normalized spacial score (nSPS) is 10.4. The Hall–Kier alpha value is -0.880. The molecule has 0 aromatic heterocycles. The summed E-state index contributed by atoms with van der Waals surface area (Å²) in [5.74, 6) is -1.02. The Morgan fingerprint density at radius 2 is 2.12 bits per heavy atom. The molecule has 0 aliphatic carbocycles. The quantitative estimate of drug-likeness (QED) is 0.801. The summed E-state index contributed by atoms with van der Waals surface area (Å²) >= 11 is 8.73. The Bertz CT molecular complexity index is 412. The van der Waals surface area contributed by atoms with Crippen LogP contribution in [-0.2, 0) is 4.74 Å². The van der Waals surface area contributed by atoms with Crippen molar-refractivity contribution in [3.63, 3.8) is 0 Å². The maximum atomic E-state index is 12.1. The lowest BCUT2D eigenvalue weighted by Crippen LogP contribution is -2.07. The molecule has 0 unspecified atom stereocenters. The molecule has 0 aliphatic heterocycles. The van der Waals surface area contributed by atoms with Crippen LogP contribution in [0.1, 0.15) is 10.4 Å². The van der Waals surface area contributed by atoms with Crippen molar-refractivity contribution in [1.29, 1.82) is 0 Å². The summed E-state index contributed by atoms with van der Waals surface area (Å²) in [6, 6.07) is 2.71. The second-order valence-electron chi connectivity index (χ2n) is 2.61. The molecular formula is C9H6BrClF2O3. The third-order valence-electron chi connectivity index (χ3n) is 1.66. The molecule has 1 aromatic carbocycles. The number of benzene rings is 1. The SMILES string of the molecule is COC(=O)c1ccc(Br)c(OC(F)F)c1Cl. The average Bonchev–Trinajstić information content (AvgIpc) is 2.23. The smallest absolute Gasteiger partial charge is 0.387 e. The second kappa shape index (κ2) is 5.45. The van der Waals surface area contributed by atoms with Gasteiger partial charge in [-0.05, 0) is 28.1 Å². The minimum atomic E-state index is -3.03. The first-order valence-electron chi connectivity index (χ1n) is 3.98. The van der Waals surface area contributed by atoms with Crippen LogP contribution in [0.3, 0.4) is 0 Å². The predicted molar refractivity (Wildman–Crippen MR) is 57.1 cm³/mol. The van der Waals surface area contributed by atoms with Gasteiger partial charge in [0.05, 0.1) is 22.2 Å². The summed E-state index contributed by atoms with van der Waals surface area (Å²) < 4.78 is 33.0. The number of halogens is 4. The lowest BCUT2D eigenvalue weighted by molar-refractivity contribution is -0.0503. The van der Waals surface area contributed by atoms with Crippen LogP contribution < -0.4 is 4.74 Å². The fraction of sp³-hybridized carbons (Fsp3) is 0.222. The molecule has 1 aromatic rings. The molecule has 0 aliphatic rings. The Balaban J connectivity index is 3.21. The Kier molecular flexibility index (Phi) is 4.49. The number of rotatable bonds is 3. The van der Waals surface area contributed by atoms with E-state index in [0.717, 1.165) is 7.11 Å². The van der Waals surface area contributed by atoms with Gasteiger partial charge < -0.3 is 9.47 Å². The number of alkyl halides is 2. The highest BCUT2D eigenvalue weighted by molar-refractivity contribution is 9.10. The van der Waals surface area contributed by atoms with Crippen LogP contribution in [0.15, 0.2) is 16.6 Å². The first kappa shape index (κ1) is 13.2. The number of hydrogen-bond donors (Lipinski definition) is 0. The van der Waals surface area contributed by atoms with Gasteiger partial charge in [0.2, 0.25) is 0 Å². The number of methoxy groups -OCH3 is 1. The highest BCUT2D eigenvalue weighted by Crippen LogP contribution is 2.37. The molecule has 3 nitrogen and oxygen atoms in total. The molecule has 0 saturated heterocycles. The Morgan fingerprint density at radius 1 is 1.50 bits per heavy atom. The fourth-order valence-corrected chi connectivity index (χ4v) is 1.82. The van der Waals surface area contributed by atoms with Gasteiger partial charge in [0.1, 0.15) is 0 Å². The van der Waals surface area contributed by atoms with E-state index in [4.69, 9.17) is 11.6 Å². The topological polar surface area (TPSA) is 35.5 Å². The molecule has 0 amide bonds. The van der Waals surface area contributed by atoms with E-state index in [9.17, 15) is 13.6 Å². The summed E-state index contributed by atoms with van der Waals surface area (Å²) in [6.45, 7) is -3.03. The van der Waals surface area contributed by atoms with E-state index >= 15 is 0 Å². The molecule has 0 radical (unpaired) electrons. The van der Waals surface area contributed by atoms with Gasteiger partial charge in [0.15, 0.2) is 5.75 Å². The van der Waals surface area contributed by atoms with Gasteiger partial charge in [-0.1, -0.05) is 11.6 Å². The first-order valence-corrected chi connectivity index (χ1v) is 5.15. The average molecular weight is 315 g/mol. The summed E-state index contributed by atoms with van der Waals surface area (Å²) in [6.07, 6.45) is 0. The van der Waals surface area contributed by atoms with Crippen molar-refractivity contribution in [2.45, 2.75) is 6.61 Å². The predicted octanol–water partition coefficient (Wildman–Crippen LogP) is 3.49. The Labute approximate surface area is 103 Å². The van der Waals surface area contributed by atoms with Crippen molar-refractivity contribution in [1.82, 2.24) is 0 Å². The van der Waals surface area contributed by atoms with Gasteiger partial charge in [0, 0.05) is 0 Å². The van der Waals surface area contributed by atoms with Crippen molar-refractivity contribution in [2.24, 2.45) is 0 Å². The van der Waals surface area contributed by atoms with Crippen LogP contribution >= 0.6 is 27.5 Å². The molecular weight excluding hydrogens is 309 g/mol. The number of carbonyl (C=O) groups is 1. The molecule has 7 heteroatoms. The molecule has 0 heterocycles. The summed E-state index contributed by atoms with van der Waals surface area (Å²) in [4.78, 5) is 11.2. The van der Waals surface area contributed by atoms with Gasteiger partial charge in [-0.25, -0.2) is 4.79 Å². The van der Waals surface area contributed by atoms with E-state index in [-0.39, 0.29) is 20.8 Å². The van der Waals surface area contributed by atoms with Gasteiger partial charge in [-0.15, -0.1) is 0 Å². The van der Waals surface area contributed by atoms with Crippen molar-refractivity contribution >= 4 is 33.5 Å². The van der Waals surface area contributed by atoms with Crippen molar-refractivity contribution < 1.29 is 23.0 Å². The van der Waals surface area contributed by atoms with Crippen LogP contribution in [0.4, 0.5) is 8.78 Å². The zero-order valence-corrected chi connectivity index (χ0v) is 10.3. The van der Waals surface area contributed by atoms with Crippen LogP contribution in [0.2, 0.25) is 5.02 Å². The largest absolute Gasteiger partial charge is 0.465 e. The van der Waals surface area contributed by atoms with Crippen molar-refractivity contribution in [3.05, 3.63) is 27.2 Å². The van der Waals surface area contributed by atoms with Crippen LogP contribution in [-0.4, -0.2) is 19.7 Å². The third-order valence-corrected chi connectivity index (χ3v) is 2.66. The maximum Gasteiger partial charge on any atom is 0.387 e. The monoisotopic (exact) mass is 314 g/mol. The van der Waals surface area contributed by atoms with E-state index in [0.29, 0.717) is 0 Å². The van der Waals surface area contributed by atoms with Crippen molar-refractivity contribution in [2.75, 3.05) is 7.11 Å². The van der Waals surface area contributed by atoms with Gasteiger partial charge in [-0.2, -0.15) is 8.78 Å². The lowest BCUT2D eigenvalue weighted by Gasteiger charge is -2.11. The summed E-state index contributed by atoms with van der Waals surface area (Å²) in [5, 5.41) is -0.221. The van der Waals surface area contributed by atoms with E-state index in [2.05, 4.69) is 25.4 Å². The summed E-state index contributed by atoms with van der Waals surface area (Å²) in [7, 11) is 1.16. The Morgan fingerprint density at radius 3 is 2.62 bits per heavy atom. The first-order chi connectivity index (χ1) is 7.47. The van der Waals surface area contributed by atoms with Gasteiger partial charge in [-0.3, -0.25) is 0 Å². The molecule has 0 bridgehead atoms. The molecule has 0 N–H and O–H groups in total. The number of hydrogen-bond acceptors (Lipinski definition) is 3. The molecule has 0 atom stereocenters. The molecule has 0 fully saturated rings. The highest BCUT2D eigenvalue weighted by atomic mass is 79.9. The van der Waals surface area contributed by atoms with E-state index in [1.165, 1.54) is 12.1 Å². The maximum absolute atomic E-state index is 12.1. The molecule has 0 spiro atoms. The number of esters is 1. The third kappa shape index (κ3) is 2.82. The lowest BCUT2D eigenvalue weighted by atomic mass is 10.2. The zero-order chi connectivity index (χ0) is 12.3. The van der Waals surface area contributed by atoms with E-state index < -0.39 is 12.6 Å². The summed E-state index contributed by atoms with van der Waals surface area (Å²) in [5.41, 5.74) is -0.0389. The molecule has 88 valence electrons. The minimum Gasteiger partial charge on any atom is -0.465 e. The van der Waals surface area contributed by atoms with Crippen LogP contribution in [0.5, 0.6) is 5.75 Å². The fourth-order valence-electron chi connectivity index (χ4n) is 0.997. The van der Waals surface area contributed by atoms with Crippen LogP contribution in [0.25, 0.3) is 0 Å². The van der Waals surface area contributed by atoms with Crippen molar-refractivity contribution in [3.8, 4) is 5.75 Å². The van der Waals surface area contributed by atoms with Gasteiger partial charge in [0.25, 0.3) is 0 Å². The zero-order valence-electron chi connectivity index (χ0n) is 7.97. The van der Waals surface area contributed by atoms with Crippen LogP contribution in [0, 0.1) is 0 Å². The molecule has 16 heavy (non-hydrogen) atoms. The second-order valence-corrected chi connectivity index (χ2v) is 3.84. The molecule has 0 saturated carbocycles. The van der Waals surface area contributed by atoms with E-state index in [1.54, 1.807) is 0 Å². The van der Waals surface area contributed by atoms with Gasteiger partial charge >= 0.3 is 12.6 Å². The standard InChI is InChI=1S/C9H6BrClF2O3/c1-15-8(14)4-2-3-5(10)7(6(4)11)16-9(12)13/h2-3,9H,1H3. The minimum absolute atomic E-state index is 0.0389. The number of ether oxygens (including phenoxy) is 2. The molecule has 1 rings (SSSR count). The van der Waals surface area contributed by atoms with E-state index in [1.807, 2.05) is 0 Å².